The smallest absolute Gasteiger partial charge is 0.744 e. The molecule has 0 aliphatic rings. The number of nitrogens with zero attached hydrogens (tertiary/aromatic N) is 1. The Morgan fingerprint density at radius 2 is 1.24 bits per heavy atom. The zero-order valence-electron chi connectivity index (χ0n) is 21.8. The van der Waals surface area contributed by atoms with Crippen LogP contribution in [-0.4, -0.2) is 62.7 Å². The average Bonchev–Trinajstić information content (AvgIpc) is 2.75. The number of amides is 1. The predicted molar refractivity (Wildman–Crippen MR) is 119 cm³/mol. The fourth-order valence-corrected chi connectivity index (χ4v) is 6.05. The van der Waals surface area contributed by atoms with Gasteiger partial charge in [-0.15, -0.1) is 0 Å². The van der Waals surface area contributed by atoms with Crippen LogP contribution < -0.4 is 124 Å². The van der Waals surface area contributed by atoms with E-state index >= 15 is 0 Å². The standard InChI is InChI=1S/C17H12N2O15S4.4Na/c20-17(11-2-1-3-13(19(21)22)16(11)38(32,33)34)18-12-6-9(35(23,24)25)4-8-5-10(36(26,27)28)7-14(15(8)12)37(29,30)31;;;;/h1-7H,(H,18,20)(H,23,24,25)(H,26,27,28)(H,29,30,31)(H,32,33,34);;;;/q;4*+1/p-3. The molecule has 17 nitrogen and oxygen atoms in total. The van der Waals surface area contributed by atoms with Crippen molar-refractivity contribution in [3.05, 3.63) is 58.1 Å². The van der Waals surface area contributed by atoms with Gasteiger partial charge in [-0.05, 0) is 35.7 Å². The first-order chi connectivity index (χ1) is 17.1. The monoisotopic (exact) mass is 701 g/mol. The van der Waals surface area contributed by atoms with Gasteiger partial charge in [0.15, 0.2) is 4.90 Å². The second-order valence-electron chi connectivity index (χ2n) is 7.19. The van der Waals surface area contributed by atoms with Crippen molar-refractivity contribution in [1.29, 1.82) is 0 Å². The number of nitro groups is 1. The van der Waals surface area contributed by atoms with Crippen LogP contribution in [0, 0.1) is 10.1 Å². The topological polar surface area (TPSA) is 298 Å². The van der Waals surface area contributed by atoms with Gasteiger partial charge in [-0.3, -0.25) is 19.5 Å². The van der Waals surface area contributed by atoms with Gasteiger partial charge in [0.2, 0.25) is 0 Å². The Balaban J connectivity index is 0. The first kappa shape index (κ1) is 44.6. The van der Waals surface area contributed by atoms with Crippen LogP contribution in [0.1, 0.15) is 10.4 Å². The maximum absolute atomic E-state index is 12.9. The van der Waals surface area contributed by atoms with Crippen molar-refractivity contribution in [2.24, 2.45) is 0 Å². The van der Waals surface area contributed by atoms with E-state index in [1.807, 2.05) is 0 Å². The van der Waals surface area contributed by atoms with Crippen molar-refractivity contribution >= 4 is 68.5 Å². The Bertz CT molecular complexity index is 2000. The molecule has 0 radical (unpaired) electrons. The van der Waals surface area contributed by atoms with Crippen molar-refractivity contribution in [2.75, 3.05) is 5.32 Å². The van der Waals surface area contributed by atoms with E-state index in [0.29, 0.717) is 30.3 Å². The van der Waals surface area contributed by atoms with Crippen molar-refractivity contribution in [3.8, 4) is 0 Å². The summed E-state index contributed by atoms with van der Waals surface area (Å²) < 4.78 is 138. The molecule has 1 amide bonds. The number of nitro benzene ring substituents is 1. The van der Waals surface area contributed by atoms with E-state index < -0.39 is 98.6 Å². The Labute approximate surface area is 326 Å². The quantitative estimate of drug-likeness (QED) is 0.100. The van der Waals surface area contributed by atoms with Crippen LogP contribution in [-0.2, 0) is 40.5 Å². The molecule has 2 N–H and O–H groups in total. The molecule has 42 heavy (non-hydrogen) atoms. The Morgan fingerprint density at radius 1 is 0.762 bits per heavy atom. The maximum atomic E-state index is 12.9. The van der Waals surface area contributed by atoms with Crippen LogP contribution in [0.25, 0.3) is 10.8 Å². The van der Waals surface area contributed by atoms with Crippen LogP contribution in [0.2, 0.25) is 0 Å². The molecule has 0 saturated heterocycles. The summed E-state index contributed by atoms with van der Waals surface area (Å²) in [7, 11) is -22.1. The molecule has 0 atom stereocenters. The van der Waals surface area contributed by atoms with Gasteiger partial charge in [-0.2, -0.15) is 8.42 Å². The molecule has 204 valence electrons. The van der Waals surface area contributed by atoms with Crippen LogP contribution in [0.5, 0.6) is 0 Å². The van der Waals surface area contributed by atoms with E-state index in [4.69, 9.17) is 0 Å². The largest absolute Gasteiger partial charge is 1.00 e. The minimum absolute atomic E-state index is 0. The summed E-state index contributed by atoms with van der Waals surface area (Å²) in [6.07, 6.45) is 0. The van der Waals surface area contributed by atoms with Crippen molar-refractivity contribution in [1.82, 2.24) is 0 Å². The molecule has 0 aliphatic carbocycles. The molecular formula is C17H9N2Na4O15S4+. The first-order valence-electron chi connectivity index (χ1n) is 9.18. The van der Waals surface area contributed by atoms with E-state index in [1.54, 1.807) is 5.32 Å². The number of benzene rings is 3. The van der Waals surface area contributed by atoms with Crippen molar-refractivity contribution in [2.45, 2.75) is 19.6 Å². The molecule has 3 aromatic carbocycles. The Morgan fingerprint density at radius 3 is 1.64 bits per heavy atom. The van der Waals surface area contributed by atoms with Gasteiger partial charge < -0.3 is 19.0 Å². The Kier molecular flexibility index (Phi) is 16.8. The van der Waals surface area contributed by atoms with Crippen LogP contribution in [0.15, 0.2) is 62.0 Å². The normalized spacial score (nSPS) is 11.6. The fourth-order valence-electron chi connectivity index (χ4n) is 3.31. The number of fused-ring (bicyclic) bond motifs is 1. The number of anilines is 1. The van der Waals surface area contributed by atoms with Gasteiger partial charge in [0, 0.05) is 11.5 Å². The van der Waals surface area contributed by atoms with E-state index in [2.05, 4.69) is 0 Å². The van der Waals surface area contributed by atoms with Gasteiger partial charge in [0.05, 0.1) is 30.9 Å². The maximum Gasteiger partial charge on any atom is 1.00 e. The van der Waals surface area contributed by atoms with Gasteiger partial charge in [-0.25, -0.2) is 25.3 Å². The van der Waals surface area contributed by atoms with Gasteiger partial charge in [0.1, 0.15) is 30.4 Å². The van der Waals surface area contributed by atoms with Crippen molar-refractivity contribution < 1.29 is 180 Å². The summed E-state index contributed by atoms with van der Waals surface area (Å²) in [4.78, 5) is 17.3. The second-order valence-corrected chi connectivity index (χ2v) is 12.7. The predicted octanol–water partition coefficient (Wildman–Crippen LogP) is -12.0. The van der Waals surface area contributed by atoms with Crippen molar-refractivity contribution in [3.63, 3.8) is 0 Å². The van der Waals surface area contributed by atoms with Gasteiger partial charge in [0.25, 0.3) is 11.6 Å². The van der Waals surface area contributed by atoms with Crippen LogP contribution in [0.4, 0.5) is 11.4 Å². The molecule has 0 spiro atoms. The van der Waals surface area contributed by atoms with E-state index in [-0.39, 0.29) is 124 Å². The minimum Gasteiger partial charge on any atom is -0.744 e. The summed E-state index contributed by atoms with van der Waals surface area (Å²) in [5.74, 6) is -1.65. The third-order valence-corrected chi connectivity index (χ3v) is 8.18. The van der Waals surface area contributed by atoms with E-state index in [1.165, 1.54) is 0 Å². The van der Waals surface area contributed by atoms with E-state index in [0.717, 1.165) is 6.07 Å². The fraction of sp³-hybridized carbons (Fsp3) is 0. The summed E-state index contributed by atoms with van der Waals surface area (Å²) in [6.45, 7) is 0. The summed E-state index contributed by atoms with van der Waals surface area (Å²) in [6, 6.07) is 3.30. The average molecular weight is 701 g/mol. The van der Waals surface area contributed by atoms with Gasteiger partial charge >= 0.3 is 128 Å². The number of carbonyl (C=O) groups excluding carboxylic acids is 1. The minimum atomic E-state index is -5.69. The number of hydrogen-bond acceptors (Lipinski definition) is 14. The third-order valence-electron chi connectivity index (χ3n) is 4.75. The molecule has 0 aromatic heterocycles. The number of nitrogens with one attached hydrogen (secondary N) is 1. The zero-order chi connectivity index (χ0) is 29.0. The SMILES string of the molecule is O=C(Nc1cc(S(=O)(=O)[O-])cc2cc(S(=O)(=O)[O-])cc(S(=O)(=O)[O-])c12)c1cccc([N+](=O)[O-])c1S(=O)(=O)O.[Na+].[Na+].[Na+].[Na+]. The number of carbonyl (C=O) groups is 1. The summed E-state index contributed by atoms with van der Waals surface area (Å²) >= 11 is 0. The molecule has 0 fully saturated rings. The molecule has 0 aliphatic heterocycles. The van der Waals surface area contributed by atoms with Crippen LogP contribution in [0.3, 0.4) is 0 Å². The molecule has 0 bridgehead atoms. The van der Waals surface area contributed by atoms with Gasteiger partial charge in [-0.1, -0.05) is 6.07 Å². The van der Waals surface area contributed by atoms with E-state index in [9.17, 15) is 66.8 Å². The molecule has 25 heteroatoms. The summed E-state index contributed by atoms with van der Waals surface area (Å²) in [5.41, 5.74) is -3.39. The second kappa shape index (κ2) is 15.8. The molecule has 0 unspecified atom stereocenters. The molecule has 3 aromatic rings. The number of rotatable bonds is 7. The Hall–Kier alpha value is 0.430. The summed E-state index contributed by atoms with van der Waals surface area (Å²) in [5, 5.41) is 11.3. The molecule has 0 saturated carbocycles. The molecule has 3 rings (SSSR count). The molecule has 0 heterocycles. The molecular weight excluding hydrogens is 692 g/mol. The third kappa shape index (κ3) is 10.2. The zero-order valence-corrected chi connectivity index (χ0v) is 33.1. The van der Waals surface area contributed by atoms with Crippen LogP contribution >= 0.6 is 0 Å². The first-order valence-corrected chi connectivity index (χ1v) is 14.8. The number of hydrogen-bond donors (Lipinski definition) is 2.